The van der Waals surface area contributed by atoms with Gasteiger partial charge < -0.3 is 5.73 Å². The summed E-state index contributed by atoms with van der Waals surface area (Å²) < 4.78 is 50.6. The number of rotatable bonds is 8. The van der Waals surface area contributed by atoms with Gasteiger partial charge in [-0.2, -0.15) is 0 Å². The van der Waals surface area contributed by atoms with Gasteiger partial charge in [0.2, 0.25) is 20.0 Å². The van der Waals surface area contributed by atoms with Crippen molar-refractivity contribution in [3.8, 4) is 0 Å². The van der Waals surface area contributed by atoms with Crippen molar-refractivity contribution in [3.63, 3.8) is 0 Å². The van der Waals surface area contributed by atoms with Crippen LogP contribution in [0.4, 0.5) is 0 Å². The Hall–Kier alpha value is -1.00. The van der Waals surface area contributed by atoms with Crippen LogP contribution in [-0.2, 0) is 26.6 Å². The van der Waals surface area contributed by atoms with Gasteiger partial charge >= 0.3 is 0 Å². The number of nitrogens with one attached hydrogen (secondary N) is 2. The molecule has 0 heterocycles. The second kappa shape index (κ2) is 7.32. The Bertz CT molecular complexity index is 684. The molecule has 0 aromatic heterocycles. The van der Waals surface area contributed by atoms with Crippen LogP contribution in [0.2, 0.25) is 0 Å². The Morgan fingerprint density at radius 2 is 1.71 bits per heavy atom. The molecule has 0 bridgehead atoms. The lowest BCUT2D eigenvalue weighted by atomic mass is 10.1. The molecule has 4 N–H and O–H groups in total. The fourth-order valence-electron chi connectivity index (χ4n) is 1.70. The molecule has 0 amide bonds. The number of aryl methyl sites for hydroxylation is 1. The van der Waals surface area contributed by atoms with Gasteiger partial charge in [-0.15, -0.1) is 0 Å². The van der Waals surface area contributed by atoms with E-state index in [1.54, 1.807) is 19.1 Å². The molecule has 21 heavy (non-hydrogen) atoms. The van der Waals surface area contributed by atoms with Crippen molar-refractivity contribution >= 4 is 20.0 Å². The van der Waals surface area contributed by atoms with Gasteiger partial charge in [0.15, 0.2) is 0 Å². The summed E-state index contributed by atoms with van der Waals surface area (Å²) >= 11 is 0. The average Bonchev–Trinajstić information content (AvgIpc) is 2.36. The SMILES string of the molecule is Cc1cc(S(=O)(=O)NCCCNS(C)(=O)=O)ccc1CN. The number of benzene rings is 1. The van der Waals surface area contributed by atoms with E-state index >= 15 is 0 Å². The molecule has 120 valence electrons. The molecule has 1 aromatic carbocycles. The highest BCUT2D eigenvalue weighted by molar-refractivity contribution is 7.89. The van der Waals surface area contributed by atoms with Gasteiger partial charge in [-0.3, -0.25) is 0 Å². The Balaban J connectivity index is 2.60. The van der Waals surface area contributed by atoms with Crippen molar-refractivity contribution in [1.82, 2.24) is 9.44 Å². The lowest BCUT2D eigenvalue weighted by molar-refractivity contribution is 0.575. The van der Waals surface area contributed by atoms with E-state index in [1.165, 1.54) is 6.07 Å². The minimum atomic E-state index is -3.59. The zero-order chi connectivity index (χ0) is 16.1. The van der Waals surface area contributed by atoms with Gasteiger partial charge in [0.25, 0.3) is 0 Å². The summed E-state index contributed by atoms with van der Waals surface area (Å²) in [7, 11) is -6.84. The summed E-state index contributed by atoms with van der Waals surface area (Å²) in [6, 6.07) is 4.76. The van der Waals surface area contributed by atoms with Crippen LogP contribution in [0.3, 0.4) is 0 Å². The second-order valence-electron chi connectivity index (χ2n) is 4.71. The first-order valence-corrected chi connectivity index (χ1v) is 9.77. The van der Waals surface area contributed by atoms with Crippen molar-refractivity contribution in [2.75, 3.05) is 19.3 Å². The van der Waals surface area contributed by atoms with Crippen LogP contribution in [0.15, 0.2) is 23.1 Å². The Morgan fingerprint density at radius 1 is 1.10 bits per heavy atom. The van der Waals surface area contributed by atoms with Crippen LogP contribution in [0.1, 0.15) is 17.5 Å². The lowest BCUT2D eigenvalue weighted by Gasteiger charge is -2.09. The zero-order valence-corrected chi connectivity index (χ0v) is 13.7. The third-order valence-electron chi connectivity index (χ3n) is 2.85. The number of hydrogen-bond donors (Lipinski definition) is 3. The van der Waals surface area contributed by atoms with Crippen molar-refractivity contribution in [2.45, 2.75) is 24.8 Å². The van der Waals surface area contributed by atoms with E-state index in [-0.39, 0.29) is 18.0 Å². The van der Waals surface area contributed by atoms with Gasteiger partial charge in [-0.25, -0.2) is 26.3 Å². The number of sulfonamides is 2. The Kier molecular flexibility index (Phi) is 6.29. The van der Waals surface area contributed by atoms with E-state index in [4.69, 9.17) is 5.73 Å². The zero-order valence-electron chi connectivity index (χ0n) is 12.1. The van der Waals surface area contributed by atoms with E-state index in [9.17, 15) is 16.8 Å². The molecule has 0 atom stereocenters. The monoisotopic (exact) mass is 335 g/mol. The van der Waals surface area contributed by atoms with Gasteiger partial charge in [-0.05, 0) is 36.6 Å². The predicted octanol–water partition coefficient (Wildman–Crippen LogP) is -0.329. The van der Waals surface area contributed by atoms with E-state index in [0.717, 1.165) is 17.4 Å². The van der Waals surface area contributed by atoms with Gasteiger partial charge in [0, 0.05) is 19.6 Å². The molecular weight excluding hydrogens is 314 g/mol. The highest BCUT2D eigenvalue weighted by Crippen LogP contribution is 2.14. The van der Waals surface area contributed by atoms with Crippen LogP contribution in [0.25, 0.3) is 0 Å². The van der Waals surface area contributed by atoms with E-state index in [2.05, 4.69) is 9.44 Å². The van der Waals surface area contributed by atoms with Crippen molar-refractivity contribution in [3.05, 3.63) is 29.3 Å². The molecule has 1 aromatic rings. The summed E-state index contributed by atoms with van der Waals surface area (Å²) in [5.41, 5.74) is 7.25. The quantitative estimate of drug-likeness (QED) is 0.562. The normalized spacial score (nSPS) is 12.5. The predicted molar refractivity (Wildman–Crippen MR) is 81.7 cm³/mol. The molecule has 0 fully saturated rings. The summed E-state index contributed by atoms with van der Waals surface area (Å²) in [6.07, 6.45) is 1.42. The third kappa shape index (κ3) is 6.10. The molecule has 0 radical (unpaired) electrons. The second-order valence-corrected chi connectivity index (χ2v) is 8.31. The first-order valence-electron chi connectivity index (χ1n) is 6.39. The minimum absolute atomic E-state index is 0.155. The first kappa shape index (κ1) is 18.1. The fourth-order valence-corrected chi connectivity index (χ4v) is 3.37. The van der Waals surface area contributed by atoms with E-state index in [0.29, 0.717) is 13.0 Å². The standard InChI is InChI=1S/C12H21N3O4S2/c1-10-8-12(5-4-11(10)9-13)21(18,19)15-7-3-6-14-20(2,16)17/h4-5,8,14-15H,3,6-7,9,13H2,1-2H3. The van der Waals surface area contributed by atoms with Crippen molar-refractivity contribution < 1.29 is 16.8 Å². The molecule has 0 aliphatic heterocycles. The topological polar surface area (TPSA) is 118 Å². The summed E-state index contributed by atoms with van der Waals surface area (Å²) in [5, 5.41) is 0. The lowest BCUT2D eigenvalue weighted by Crippen LogP contribution is -2.29. The maximum atomic E-state index is 12.1. The number of nitrogens with two attached hydrogens (primary N) is 1. The molecule has 0 saturated heterocycles. The van der Waals surface area contributed by atoms with E-state index in [1.807, 2.05) is 0 Å². The highest BCUT2D eigenvalue weighted by atomic mass is 32.2. The molecule has 0 aliphatic carbocycles. The van der Waals surface area contributed by atoms with Crippen LogP contribution < -0.4 is 15.2 Å². The highest BCUT2D eigenvalue weighted by Gasteiger charge is 2.14. The molecule has 7 nitrogen and oxygen atoms in total. The average molecular weight is 335 g/mol. The molecule has 0 saturated carbocycles. The van der Waals surface area contributed by atoms with Crippen molar-refractivity contribution in [1.29, 1.82) is 0 Å². The maximum absolute atomic E-state index is 12.1. The minimum Gasteiger partial charge on any atom is -0.326 e. The molecular formula is C12H21N3O4S2. The Labute approximate surface area is 126 Å². The van der Waals surface area contributed by atoms with Crippen LogP contribution >= 0.6 is 0 Å². The van der Waals surface area contributed by atoms with Gasteiger partial charge in [0.1, 0.15) is 0 Å². The summed E-state index contributed by atoms with van der Waals surface area (Å²) in [6.45, 7) is 2.50. The van der Waals surface area contributed by atoms with Crippen LogP contribution in [-0.4, -0.2) is 36.2 Å². The summed E-state index contributed by atoms with van der Waals surface area (Å²) in [5.74, 6) is 0. The van der Waals surface area contributed by atoms with Gasteiger partial charge in [-0.1, -0.05) is 6.07 Å². The van der Waals surface area contributed by atoms with Crippen LogP contribution in [0, 0.1) is 6.92 Å². The molecule has 0 aliphatic rings. The fraction of sp³-hybridized carbons (Fsp3) is 0.500. The molecule has 1 rings (SSSR count). The summed E-state index contributed by atoms with van der Waals surface area (Å²) in [4.78, 5) is 0.174. The number of hydrogen-bond acceptors (Lipinski definition) is 5. The third-order valence-corrected chi connectivity index (χ3v) is 5.04. The van der Waals surface area contributed by atoms with Gasteiger partial charge in [0.05, 0.1) is 11.2 Å². The first-order chi connectivity index (χ1) is 9.65. The largest absolute Gasteiger partial charge is 0.326 e. The van der Waals surface area contributed by atoms with Crippen molar-refractivity contribution in [2.24, 2.45) is 5.73 Å². The smallest absolute Gasteiger partial charge is 0.240 e. The Morgan fingerprint density at radius 3 is 2.24 bits per heavy atom. The molecule has 0 unspecified atom stereocenters. The molecule has 0 spiro atoms. The maximum Gasteiger partial charge on any atom is 0.240 e. The molecule has 9 heteroatoms. The van der Waals surface area contributed by atoms with E-state index < -0.39 is 20.0 Å². The van der Waals surface area contributed by atoms with Crippen LogP contribution in [0.5, 0.6) is 0 Å².